The van der Waals surface area contributed by atoms with Gasteiger partial charge in [-0.1, -0.05) is 6.92 Å². The van der Waals surface area contributed by atoms with E-state index >= 15 is 0 Å². The minimum atomic E-state index is -3.88. The van der Waals surface area contributed by atoms with Crippen LogP contribution in [0.5, 0.6) is 0 Å². The highest BCUT2D eigenvalue weighted by atomic mass is 32.2. The zero-order chi connectivity index (χ0) is 23.3. The second-order valence-electron chi connectivity index (χ2n) is 8.00. The maximum atomic E-state index is 13.4. The van der Waals surface area contributed by atoms with E-state index in [0.29, 0.717) is 30.8 Å². The van der Waals surface area contributed by atoms with Crippen molar-refractivity contribution in [1.29, 1.82) is 0 Å². The van der Waals surface area contributed by atoms with E-state index in [0.717, 1.165) is 25.3 Å². The molecule has 0 radical (unpaired) electrons. The van der Waals surface area contributed by atoms with Crippen molar-refractivity contribution < 1.29 is 22.4 Å². The average Bonchev–Trinajstić information content (AvgIpc) is 2.75. The molecule has 0 aliphatic carbocycles. The molecule has 2 amide bonds. The second-order valence-corrected chi connectivity index (χ2v) is 9.68. The van der Waals surface area contributed by atoms with Crippen LogP contribution in [0.4, 0.5) is 10.1 Å². The lowest BCUT2D eigenvalue weighted by molar-refractivity contribution is -0.122. The Morgan fingerprint density at radius 2 is 1.88 bits per heavy atom. The highest BCUT2D eigenvalue weighted by molar-refractivity contribution is 7.92. The van der Waals surface area contributed by atoms with Crippen LogP contribution < -0.4 is 10.0 Å². The molecule has 2 aromatic rings. The predicted molar refractivity (Wildman–Crippen MR) is 120 cm³/mol. The Bertz CT molecular complexity index is 1090. The molecule has 9 heteroatoms. The van der Waals surface area contributed by atoms with Crippen molar-refractivity contribution >= 4 is 27.5 Å². The Kier molecular flexibility index (Phi) is 7.50. The molecule has 1 saturated heterocycles. The molecule has 1 atom stereocenters. The maximum Gasteiger partial charge on any atom is 0.261 e. The van der Waals surface area contributed by atoms with Gasteiger partial charge in [0, 0.05) is 36.8 Å². The lowest BCUT2D eigenvalue weighted by atomic mass is 10.0. The van der Waals surface area contributed by atoms with Crippen LogP contribution in [0.15, 0.2) is 47.4 Å². The van der Waals surface area contributed by atoms with Crippen LogP contribution in [0, 0.1) is 12.7 Å². The molecule has 172 valence electrons. The van der Waals surface area contributed by atoms with Gasteiger partial charge in [-0.2, -0.15) is 0 Å². The van der Waals surface area contributed by atoms with E-state index < -0.39 is 15.8 Å². The molecule has 0 bridgehead atoms. The summed E-state index contributed by atoms with van der Waals surface area (Å²) in [5.41, 5.74) is 0.970. The fourth-order valence-electron chi connectivity index (χ4n) is 3.67. The number of rotatable bonds is 7. The molecule has 1 fully saturated rings. The van der Waals surface area contributed by atoms with Crippen molar-refractivity contribution in [2.24, 2.45) is 0 Å². The number of amides is 2. The third-order valence-corrected chi connectivity index (χ3v) is 6.75. The Labute approximate surface area is 188 Å². The summed E-state index contributed by atoms with van der Waals surface area (Å²) >= 11 is 0. The number of carbonyl (C=O) groups is 2. The molecule has 1 unspecified atom stereocenters. The monoisotopic (exact) mass is 461 g/mol. The summed E-state index contributed by atoms with van der Waals surface area (Å²) in [4.78, 5) is 26.4. The largest absolute Gasteiger partial charge is 0.352 e. The summed E-state index contributed by atoms with van der Waals surface area (Å²) in [6, 6.07) is 9.69. The third kappa shape index (κ3) is 5.85. The average molecular weight is 462 g/mol. The molecular formula is C23H28FN3O4S. The van der Waals surface area contributed by atoms with Gasteiger partial charge in [0.15, 0.2) is 0 Å². The van der Waals surface area contributed by atoms with Crippen LogP contribution in [0.3, 0.4) is 0 Å². The molecule has 32 heavy (non-hydrogen) atoms. The first-order valence-corrected chi connectivity index (χ1v) is 12.2. The van der Waals surface area contributed by atoms with Crippen molar-refractivity contribution in [3.8, 4) is 0 Å². The fourth-order valence-corrected chi connectivity index (χ4v) is 4.81. The normalized spacial score (nSPS) is 16.5. The van der Waals surface area contributed by atoms with E-state index in [9.17, 15) is 22.4 Å². The molecule has 1 aliphatic heterocycles. The third-order valence-electron chi connectivity index (χ3n) is 5.37. The van der Waals surface area contributed by atoms with Crippen LogP contribution in [0.2, 0.25) is 0 Å². The number of likely N-dealkylation sites (tertiary alicyclic amines) is 1. The van der Waals surface area contributed by atoms with Crippen LogP contribution in [-0.2, 0) is 14.8 Å². The van der Waals surface area contributed by atoms with E-state index in [-0.39, 0.29) is 28.3 Å². The molecule has 0 spiro atoms. The van der Waals surface area contributed by atoms with E-state index in [1.165, 1.54) is 31.2 Å². The Morgan fingerprint density at radius 3 is 2.53 bits per heavy atom. The van der Waals surface area contributed by atoms with Gasteiger partial charge in [0.25, 0.3) is 15.9 Å². The molecular weight excluding hydrogens is 433 g/mol. The summed E-state index contributed by atoms with van der Waals surface area (Å²) in [7, 11) is -3.88. The lowest BCUT2D eigenvalue weighted by Crippen LogP contribution is -2.49. The van der Waals surface area contributed by atoms with Gasteiger partial charge in [0.1, 0.15) is 5.82 Å². The number of benzene rings is 2. The number of piperidine rings is 1. The molecule has 2 N–H and O–H groups in total. The smallest absolute Gasteiger partial charge is 0.261 e. The van der Waals surface area contributed by atoms with Crippen molar-refractivity contribution in [2.45, 2.75) is 50.5 Å². The second kappa shape index (κ2) is 10.1. The van der Waals surface area contributed by atoms with Crippen LogP contribution in [0.25, 0.3) is 0 Å². The number of anilines is 1. The predicted octanol–water partition coefficient (Wildman–Crippen LogP) is 3.46. The Balaban J connectivity index is 1.65. The van der Waals surface area contributed by atoms with Crippen LogP contribution in [0.1, 0.15) is 48.5 Å². The summed E-state index contributed by atoms with van der Waals surface area (Å²) in [5.74, 6) is -0.639. The summed E-state index contributed by atoms with van der Waals surface area (Å²) in [5, 5.41) is 2.98. The first kappa shape index (κ1) is 23.7. The number of hydrogen-bond acceptors (Lipinski definition) is 4. The number of nitrogens with one attached hydrogen (secondary N) is 2. The first-order valence-electron chi connectivity index (χ1n) is 10.7. The SMILES string of the molecule is CCCC(=O)NC1CCCN(C(=O)c2ccc(NS(=O)(=O)c3ccc(F)c(C)c3)cc2)C1. The topological polar surface area (TPSA) is 95.6 Å². The number of hydrogen-bond donors (Lipinski definition) is 2. The lowest BCUT2D eigenvalue weighted by Gasteiger charge is -2.33. The van der Waals surface area contributed by atoms with Gasteiger partial charge >= 0.3 is 0 Å². The van der Waals surface area contributed by atoms with Gasteiger partial charge < -0.3 is 10.2 Å². The summed E-state index contributed by atoms with van der Waals surface area (Å²) in [6.07, 6.45) is 2.89. The van der Waals surface area contributed by atoms with Gasteiger partial charge in [0.05, 0.1) is 4.90 Å². The number of carbonyl (C=O) groups excluding carboxylic acids is 2. The summed E-state index contributed by atoms with van der Waals surface area (Å²) < 4.78 is 41.0. The Hall–Kier alpha value is -2.94. The van der Waals surface area contributed by atoms with Gasteiger partial charge in [-0.25, -0.2) is 12.8 Å². The molecule has 0 aromatic heterocycles. The number of aryl methyl sites for hydroxylation is 1. The molecule has 1 aliphatic rings. The van der Waals surface area contributed by atoms with Crippen LogP contribution >= 0.6 is 0 Å². The Morgan fingerprint density at radius 1 is 1.16 bits per heavy atom. The minimum Gasteiger partial charge on any atom is -0.352 e. The number of nitrogens with zero attached hydrogens (tertiary/aromatic N) is 1. The summed E-state index contributed by atoms with van der Waals surface area (Å²) in [6.45, 7) is 4.50. The van der Waals surface area contributed by atoms with Gasteiger partial charge in [-0.3, -0.25) is 14.3 Å². The molecule has 3 rings (SSSR count). The minimum absolute atomic E-state index is 0.000200. The van der Waals surface area contributed by atoms with E-state index in [2.05, 4.69) is 10.0 Å². The van der Waals surface area contributed by atoms with E-state index in [1.54, 1.807) is 17.0 Å². The van der Waals surface area contributed by atoms with Crippen molar-refractivity contribution in [3.05, 3.63) is 59.4 Å². The zero-order valence-electron chi connectivity index (χ0n) is 18.2. The fraction of sp³-hybridized carbons (Fsp3) is 0.391. The number of halogens is 1. The zero-order valence-corrected chi connectivity index (χ0v) is 19.0. The first-order chi connectivity index (χ1) is 15.2. The van der Waals surface area contributed by atoms with Crippen molar-refractivity contribution in [1.82, 2.24) is 10.2 Å². The van der Waals surface area contributed by atoms with E-state index in [1.807, 2.05) is 6.92 Å². The highest BCUT2D eigenvalue weighted by Gasteiger charge is 2.25. The number of sulfonamides is 1. The maximum absolute atomic E-state index is 13.4. The van der Waals surface area contributed by atoms with E-state index in [4.69, 9.17) is 0 Å². The quantitative estimate of drug-likeness (QED) is 0.660. The molecule has 1 heterocycles. The molecule has 7 nitrogen and oxygen atoms in total. The van der Waals surface area contributed by atoms with Crippen molar-refractivity contribution in [3.63, 3.8) is 0 Å². The standard InChI is InChI=1S/C23H28FN3O4S/c1-3-5-22(28)25-19-6-4-13-27(15-19)23(29)17-7-9-18(10-8-17)26-32(30,31)20-11-12-21(24)16(2)14-20/h7-12,14,19,26H,3-6,13,15H2,1-2H3,(H,25,28). The van der Waals surface area contributed by atoms with Crippen LogP contribution in [-0.4, -0.2) is 44.3 Å². The van der Waals surface area contributed by atoms with Gasteiger partial charge in [-0.05, 0) is 74.2 Å². The molecule has 0 saturated carbocycles. The van der Waals surface area contributed by atoms with Crippen molar-refractivity contribution in [2.75, 3.05) is 17.8 Å². The van der Waals surface area contributed by atoms with Gasteiger partial charge in [0.2, 0.25) is 5.91 Å². The highest BCUT2D eigenvalue weighted by Crippen LogP contribution is 2.20. The van der Waals surface area contributed by atoms with Gasteiger partial charge in [-0.15, -0.1) is 0 Å². The molecule has 2 aromatic carbocycles.